The smallest absolute Gasteiger partial charge is 0.202 e. The van der Waals surface area contributed by atoms with Crippen molar-refractivity contribution in [1.82, 2.24) is 0 Å². The third-order valence-corrected chi connectivity index (χ3v) is 6.31. The first-order valence-corrected chi connectivity index (χ1v) is 10.7. The molecule has 10 heteroatoms. The summed E-state index contributed by atoms with van der Waals surface area (Å²) in [6, 6.07) is 9.56. The highest BCUT2D eigenvalue weighted by Gasteiger charge is 2.42. The quantitative estimate of drug-likeness (QED) is 0.325. The number of carbonyl (C=O) groups is 1. The fourth-order valence-electron chi connectivity index (χ4n) is 4.63. The molecule has 3 aromatic rings. The monoisotopic (exact) mass is 482 g/mol. The van der Waals surface area contributed by atoms with Crippen LogP contribution in [0, 0.1) is 0 Å². The van der Waals surface area contributed by atoms with Crippen molar-refractivity contribution >= 4 is 5.78 Å². The first kappa shape index (κ1) is 22.6. The standard InChI is InChI=1S/C25H22O10/c1-33-18-6-10(2-3-15(18)28)23-14(9-26)13-4-11(5-17(30)25(13)35-23)24-22(32)21(31)20-16(29)7-12(27)8-19(20)34-24/h2-8,14,22-24,26-30,32H,9H2,1H3/t14-,22-,23-,24+/m0/s1. The predicted octanol–water partition coefficient (Wildman–Crippen LogP) is 2.40. The number of hydrogen-bond donors (Lipinski definition) is 6. The van der Waals surface area contributed by atoms with E-state index in [-0.39, 0.29) is 52.2 Å². The number of ketones is 1. The number of methoxy groups -OCH3 is 1. The molecule has 0 unspecified atom stereocenters. The summed E-state index contributed by atoms with van der Waals surface area (Å²) in [6.07, 6.45) is -3.69. The number of benzene rings is 3. The van der Waals surface area contributed by atoms with Gasteiger partial charge in [0.05, 0.1) is 19.6 Å². The SMILES string of the molecule is COc1cc([C@@H]2Oc3c(O)cc([C@H]4Oc5cc(O)cc(O)c5C(=O)[C@@H]4O)cc3[C@@H]2CO)ccc1O. The lowest BCUT2D eigenvalue weighted by Crippen LogP contribution is -2.36. The maximum atomic E-state index is 12.8. The number of phenols is 4. The molecule has 0 radical (unpaired) electrons. The van der Waals surface area contributed by atoms with Gasteiger partial charge in [-0.1, -0.05) is 6.07 Å². The highest BCUT2D eigenvalue weighted by Crippen LogP contribution is 2.52. The van der Waals surface area contributed by atoms with Crippen molar-refractivity contribution < 1.29 is 49.6 Å². The minimum absolute atomic E-state index is 0.0668. The van der Waals surface area contributed by atoms with Gasteiger partial charge in [0.25, 0.3) is 0 Å². The largest absolute Gasteiger partial charge is 0.508 e. The Labute approximate surface area is 198 Å². The van der Waals surface area contributed by atoms with Gasteiger partial charge in [0.1, 0.15) is 28.9 Å². The Bertz CT molecular complexity index is 1330. The molecule has 5 rings (SSSR count). The van der Waals surface area contributed by atoms with E-state index in [0.29, 0.717) is 11.1 Å². The van der Waals surface area contributed by atoms with E-state index >= 15 is 0 Å². The number of phenolic OH excluding ortho intramolecular Hbond substituents is 4. The van der Waals surface area contributed by atoms with Crippen LogP contribution >= 0.6 is 0 Å². The molecule has 0 aromatic heterocycles. The van der Waals surface area contributed by atoms with Crippen LogP contribution in [0.3, 0.4) is 0 Å². The number of Topliss-reactive ketones (excluding diaryl/α,β-unsaturated/α-hetero) is 1. The summed E-state index contributed by atoms with van der Waals surface area (Å²) in [5.74, 6) is -2.45. The predicted molar refractivity (Wildman–Crippen MR) is 119 cm³/mol. The number of aliphatic hydroxyl groups excluding tert-OH is 2. The number of hydrogen-bond acceptors (Lipinski definition) is 10. The molecule has 0 spiro atoms. The Morgan fingerprint density at radius 1 is 0.886 bits per heavy atom. The number of fused-ring (bicyclic) bond motifs is 2. The zero-order valence-electron chi connectivity index (χ0n) is 18.4. The number of aliphatic hydroxyl groups is 2. The maximum absolute atomic E-state index is 12.8. The summed E-state index contributed by atoms with van der Waals surface area (Å²) < 4.78 is 16.9. The van der Waals surface area contributed by atoms with E-state index in [9.17, 15) is 35.4 Å². The van der Waals surface area contributed by atoms with E-state index in [2.05, 4.69) is 0 Å². The molecule has 0 aliphatic carbocycles. The highest BCUT2D eigenvalue weighted by atomic mass is 16.5. The molecule has 0 bridgehead atoms. The van der Waals surface area contributed by atoms with Gasteiger partial charge in [0.2, 0.25) is 5.78 Å². The topological polar surface area (TPSA) is 166 Å². The molecule has 2 aliphatic heterocycles. The van der Waals surface area contributed by atoms with E-state index in [1.807, 2.05) is 0 Å². The number of aromatic hydroxyl groups is 4. The summed E-state index contributed by atoms with van der Waals surface area (Å²) in [6.45, 7) is -0.360. The molecule has 2 heterocycles. The zero-order chi connectivity index (χ0) is 25.0. The summed E-state index contributed by atoms with van der Waals surface area (Å²) in [5, 5.41) is 61.3. The maximum Gasteiger partial charge on any atom is 0.202 e. The molecule has 0 saturated carbocycles. The molecular formula is C25H22O10. The number of carbonyl (C=O) groups excluding carboxylic acids is 1. The fourth-order valence-corrected chi connectivity index (χ4v) is 4.63. The molecule has 6 N–H and O–H groups in total. The van der Waals surface area contributed by atoms with Crippen molar-refractivity contribution in [2.45, 2.75) is 24.2 Å². The molecule has 35 heavy (non-hydrogen) atoms. The van der Waals surface area contributed by atoms with E-state index in [1.54, 1.807) is 18.2 Å². The van der Waals surface area contributed by atoms with E-state index in [4.69, 9.17) is 14.2 Å². The highest BCUT2D eigenvalue weighted by molar-refractivity contribution is 6.05. The van der Waals surface area contributed by atoms with Gasteiger partial charge in [-0.05, 0) is 35.4 Å². The van der Waals surface area contributed by atoms with Gasteiger partial charge in [-0.15, -0.1) is 0 Å². The van der Waals surface area contributed by atoms with Crippen molar-refractivity contribution in [3.63, 3.8) is 0 Å². The van der Waals surface area contributed by atoms with Gasteiger partial charge in [0, 0.05) is 17.7 Å². The van der Waals surface area contributed by atoms with Crippen LogP contribution in [-0.4, -0.2) is 56.2 Å². The summed E-state index contributed by atoms with van der Waals surface area (Å²) in [7, 11) is 1.40. The number of rotatable bonds is 4. The average Bonchev–Trinajstić information content (AvgIpc) is 3.20. The Kier molecular flexibility index (Phi) is 5.34. The van der Waals surface area contributed by atoms with E-state index < -0.39 is 35.8 Å². The van der Waals surface area contributed by atoms with E-state index in [1.165, 1.54) is 19.2 Å². The average molecular weight is 482 g/mol. The second-order valence-corrected chi connectivity index (χ2v) is 8.40. The Hall–Kier alpha value is -4.15. The lowest BCUT2D eigenvalue weighted by molar-refractivity contribution is 0.0209. The summed E-state index contributed by atoms with van der Waals surface area (Å²) >= 11 is 0. The lowest BCUT2D eigenvalue weighted by Gasteiger charge is -2.30. The zero-order valence-corrected chi connectivity index (χ0v) is 18.4. The van der Waals surface area contributed by atoms with Gasteiger partial charge in [-0.25, -0.2) is 0 Å². The van der Waals surface area contributed by atoms with Crippen molar-refractivity contribution in [2.24, 2.45) is 0 Å². The molecule has 2 aliphatic rings. The Balaban J connectivity index is 1.54. The lowest BCUT2D eigenvalue weighted by atomic mass is 9.87. The van der Waals surface area contributed by atoms with Crippen LogP contribution in [0.2, 0.25) is 0 Å². The van der Waals surface area contributed by atoms with Gasteiger partial charge in [-0.2, -0.15) is 0 Å². The van der Waals surface area contributed by atoms with Crippen molar-refractivity contribution in [1.29, 1.82) is 0 Å². The Morgan fingerprint density at radius 2 is 1.66 bits per heavy atom. The van der Waals surface area contributed by atoms with Crippen molar-refractivity contribution in [3.8, 4) is 40.2 Å². The molecule has 10 nitrogen and oxygen atoms in total. The minimum Gasteiger partial charge on any atom is -0.508 e. The fraction of sp³-hybridized carbons (Fsp3) is 0.240. The van der Waals surface area contributed by atoms with Gasteiger partial charge < -0.3 is 44.8 Å². The van der Waals surface area contributed by atoms with Crippen molar-refractivity contribution in [3.05, 3.63) is 64.7 Å². The second kappa shape index (κ2) is 8.26. The van der Waals surface area contributed by atoms with Crippen LogP contribution in [0.5, 0.6) is 40.2 Å². The van der Waals surface area contributed by atoms with Crippen LogP contribution in [0.1, 0.15) is 45.2 Å². The molecule has 0 amide bonds. The first-order valence-electron chi connectivity index (χ1n) is 10.7. The third-order valence-electron chi connectivity index (χ3n) is 6.31. The number of ether oxygens (including phenoxy) is 3. The van der Waals surface area contributed by atoms with Crippen LogP contribution in [0.25, 0.3) is 0 Å². The first-order chi connectivity index (χ1) is 16.7. The van der Waals surface area contributed by atoms with E-state index in [0.717, 1.165) is 12.1 Å². The molecule has 182 valence electrons. The molecule has 0 fully saturated rings. The molecular weight excluding hydrogens is 460 g/mol. The van der Waals surface area contributed by atoms with Crippen LogP contribution in [0.4, 0.5) is 0 Å². The van der Waals surface area contributed by atoms with Crippen molar-refractivity contribution in [2.75, 3.05) is 13.7 Å². The molecule has 3 aromatic carbocycles. The van der Waals surface area contributed by atoms with Crippen LogP contribution in [-0.2, 0) is 0 Å². The normalized spacial score (nSPS) is 22.7. The third kappa shape index (κ3) is 3.54. The summed E-state index contributed by atoms with van der Waals surface area (Å²) in [5.41, 5.74) is 0.976. The van der Waals surface area contributed by atoms with Gasteiger partial charge >= 0.3 is 0 Å². The Morgan fingerprint density at radius 3 is 2.37 bits per heavy atom. The minimum atomic E-state index is -1.71. The summed E-state index contributed by atoms with van der Waals surface area (Å²) in [4.78, 5) is 12.8. The van der Waals surface area contributed by atoms with Crippen LogP contribution in [0.15, 0.2) is 42.5 Å². The molecule has 0 saturated heterocycles. The van der Waals surface area contributed by atoms with Crippen LogP contribution < -0.4 is 14.2 Å². The van der Waals surface area contributed by atoms with Gasteiger partial charge in [-0.3, -0.25) is 4.79 Å². The molecule has 4 atom stereocenters. The second-order valence-electron chi connectivity index (χ2n) is 8.40. The van der Waals surface area contributed by atoms with Gasteiger partial charge in [0.15, 0.2) is 35.2 Å².